The van der Waals surface area contributed by atoms with E-state index in [0.29, 0.717) is 6.04 Å². The van der Waals surface area contributed by atoms with E-state index in [9.17, 15) is 0 Å². The molecule has 2 rings (SSSR count). The van der Waals surface area contributed by atoms with Gasteiger partial charge in [0, 0.05) is 22.2 Å². The smallest absolute Gasteiger partial charge is 0.0388 e. The maximum Gasteiger partial charge on any atom is 0.0388 e. The van der Waals surface area contributed by atoms with Gasteiger partial charge in [0.15, 0.2) is 0 Å². The van der Waals surface area contributed by atoms with Crippen LogP contribution < -0.4 is 5.32 Å². The predicted octanol–water partition coefficient (Wildman–Crippen LogP) is 4.07. The molecule has 0 spiro atoms. The second-order valence-electron chi connectivity index (χ2n) is 4.63. The first-order valence-electron chi connectivity index (χ1n) is 6.12. The van der Waals surface area contributed by atoms with E-state index < -0.39 is 0 Å². The molecule has 0 aromatic carbocycles. The van der Waals surface area contributed by atoms with E-state index in [1.54, 1.807) is 0 Å². The zero-order valence-corrected chi connectivity index (χ0v) is 11.7. The van der Waals surface area contributed by atoms with Crippen LogP contribution >= 0.6 is 23.1 Å². The maximum atomic E-state index is 3.78. The van der Waals surface area contributed by atoms with E-state index in [1.807, 2.05) is 23.1 Å². The molecule has 1 fully saturated rings. The molecule has 1 N–H and O–H groups in total. The molecule has 16 heavy (non-hydrogen) atoms. The second-order valence-corrected chi connectivity index (χ2v) is 6.74. The fourth-order valence-electron chi connectivity index (χ4n) is 2.48. The molecule has 90 valence electrons. The summed E-state index contributed by atoms with van der Waals surface area (Å²) in [4.78, 5) is 1.46. The highest BCUT2D eigenvalue weighted by Gasteiger charge is 2.22. The molecular weight excluding hydrogens is 234 g/mol. The molecule has 3 unspecified atom stereocenters. The summed E-state index contributed by atoms with van der Waals surface area (Å²) in [5, 5.41) is 6.83. The summed E-state index contributed by atoms with van der Waals surface area (Å²) in [5.74, 6) is 0. The SMILES string of the molecule is CSC1CCCC(NC(C)c2cccs2)C1. The third-order valence-corrected chi connectivity index (χ3v) is 5.56. The first kappa shape index (κ1) is 12.5. The maximum absolute atomic E-state index is 3.78. The van der Waals surface area contributed by atoms with Gasteiger partial charge in [0.05, 0.1) is 0 Å². The van der Waals surface area contributed by atoms with Crippen LogP contribution in [0, 0.1) is 0 Å². The highest BCUT2D eigenvalue weighted by atomic mass is 32.2. The first-order chi connectivity index (χ1) is 7.79. The Morgan fingerprint density at radius 2 is 2.38 bits per heavy atom. The van der Waals surface area contributed by atoms with Crippen molar-refractivity contribution in [2.75, 3.05) is 6.26 Å². The van der Waals surface area contributed by atoms with Crippen molar-refractivity contribution in [2.24, 2.45) is 0 Å². The van der Waals surface area contributed by atoms with E-state index in [4.69, 9.17) is 0 Å². The van der Waals surface area contributed by atoms with Crippen molar-refractivity contribution in [1.29, 1.82) is 0 Å². The Bertz CT molecular complexity index is 297. The Balaban J connectivity index is 1.84. The van der Waals surface area contributed by atoms with Crippen LogP contribution in [0.15, 0.2) is 17.5 Å². The number of hydrogen-bond donors (Lipinski definition) is 1. The minimum Gasteiger partial charge on any atom is -0.307 e. The van der Waals surface area contributed by atoms with Crippen molar-refractivity contribution >= 4 is 23.1 Å². The van der Waals surface area contributed by atoms with Gasteiger partial charge in [-0.3, -0.25) is 0 Å². The predicted molar refractivity (Wildman–Crippen MR) is 75.4 cm³/mol. The standard InChI is InChI=1S/C13H21NS2/c1-10(13-7-4-8-16-13)14-11-5-3-6-12(9-11)15-2/h4,7-8,10-12,14H,3,5-6,9H2,1-2H3. The van der Waals surface area contributed by atoms with Crippen LogP contribution in [-0.4, -0.2) is 17.5 Å². The van der Waals surface area contributed by atoms with Crippen LogP contribution in [0.1, 0.15) is 43.5 Å². The van der Waals surface area contributed by atoms with Gasteiger partial charge in [-0.15, -0.1) is 11.3 Å². The number of hydrogen-bond acceptors (Lipinski definition) is 3. The van der Waals surface area contributed by atoms with E-state index in [1.165, 1.54) is 30.6 Å². The summed E-state index contributed by atoms with van der Waals surface area (Å²) < 4.78 is 0. The summed E-state index contributed by atoms with van der Waals surface area (Å²) in [6.45, 7) is 2.29. The number of thiophene rings is 1. The van der Waals surface area contributed by atoms with E-state index in [2.05, 4.69) is 36.0 Å². The molecule has 0 aliphatic heterocycles. The normalized spacial score (nSPS) is 27.9. The quantitative estimate of drug-likeness (QED) is 0.870. The van der Waals surface area contributed by atoms with Crippen molar-refractivity contribution in [3.8, 4) is 0 Å². The van der Waals surface area contributed by atoms with Crippen molar-refractivity contribution < 1.29 is 0 Å². The van der Waals surface area contributed by atoms with Gasteiger partial charge in [0.2, 0.25) is 0 Å². The summed E-state index contributed by atoms with van der Waals surface area (Å²) in [6, 6.07) is 5.62. The molecule has 3 heteroatoms. The summed E-state index contributed by atoms with van der Waals surface area (Å²) in [7, 11) is 0. The van der Waals surface area contributed by atoms with Crippen LogP contribution in [0.5, 0.6) is 0 Å². The Morgan fingerprint density at radius 3 is 3.06 bits per heavy atom. The van der Waals surface area contributed by atoms with Crippen LogP contribution in [-0.2, 0) is 0 Å². The second kappa shape index (κ2) is 6.08. The number of thioether (sulfide) groups is 1. The van der Waals surface area contributed by atoms with Gasteiger partial charge in [-0.2, -0.15) is 11.8 Å². The summed E-state index contributed by atoms with van der Waals surface area (Å²) in [5.41, 5.74) is 0. The Kier molecular flexibility index (Phi) is 4.74. The topological polar surface area (TPSA) is 12.0 Å². The minimum absolute atomic E-state index is 0.519. The van der Waals surface area contributed by atoms with Crippen LogP contribution in [0.3, 0.4) is 0 Å². The molecule has 1 heterocycles. The van der Waals surface area contributed by atoms with E-state index in [0.717, 1.165) is 11.3 Å². The van der Waals surface area contributed by atoms with Gasteiger partial charge in [0.25, 0.3) is 0 Å². The Morgan fingerprint density at radius 1 is 1.50 bits per heavy atom. The molecule has 0 saturated heterocycles. The molecule has 1 nitrogen and oxygen atoms in total. The zero-order chi connectivity index (χ0) is 11.4. The molecular formula is C13H21NS2. The minimum atomic E-state index is 0.519. The number of rotatable bonds is 4. The lowest BCUT2D eigenvalue weighted by molar-refractivity contribution is 0.355. The highest BCUT2D eigenvalue weighted by Crippen LogP contribution is 2.29. The first-order valence-corrected chi connectivity index (χ1v) is 8.28. The Labute approximate surface area is 107 Å². The molecule has 1 aliphatic carbocycles. The fourth-order valence-corrected chi connectivity index (χ4v) is 4.05. The molecule has 0 bridgehead atoms. The molecule has 0 amide bonds. The summed E-state index contributed by atoms with van der Waals surface area (Å²) >= 11 is 3.90. The lowest BCUT2D eigenvalue weighted by Crippen LogP contribution is -2.36. The molecule has 1 saturated carbocycles. The van der Waals surface area contributed by atoms with E-state index in [-0.39, 0.29) is 0 Å². The van der Waals surface area contributed by atoms with Gasteiger partial charge in [0.1, 0.15) is 0 Å². The van der Waals surface area contributed by atoms with Crippen molar-refractivity contribution in [1.82, 2.24) is 5.32 Å². The fraction of sp³-hybridized carbons (Fsp3) is 0.692. The monoisotopic (exact) mass is 255 g/mol. The number of nitrogens with one attached hydrogen (secondary N) is 1. The van der Waals surface area contributed by atoms with E-state index >= 15 is 0 Å². The average molecular weight is 255 g/mol. The van der Waals surface area contributed by atoms with Gasteiger partial charge in [-0.25, -0.2) is 0 Å². The third-order valence-electron chi connectivity index (χ3n) is 3.42. The highest BCUT2D eigenvalue weighted by molar-refractivity contribution is 7.99. The lowest BCUT2D eigenvalue weighted by Gasteiger charge is -2.30. The van der Waals surface area contributed by atoms with Crippen molar-refractivity contribution in [3.63, 3.8) is 0 Å². The van der Waals surface area contributed by atoms with Gasteiger partial charge < -0.3 is 5.32 Å². The van der Waals surface area contributed by atoms with Gasteiger partial charge in [-0.05, 0) is 43.9 Å². The van der Waals surface area contributed by atoms with Crippen LogP contribution in [0.4, 0.5) is 0 Å². The van der Waals surface area contributed by atoms with Gasteiger partial charge >= 0.3 is 0 Å². The molecule has 1 aliphatic rings. The van der Waals surface area contributed by atoms with Crippen LogP contribution in [0.2, 0.25) is 0 Å². The average Bonchev–Trinajstić information content (AvgIpc) is 2.83. The summed E-state index contributed by atoms with van der Waals surface area (Å²) in [6.07, 6.45) is 7.74. The molecule has 3 atom stereocenters. The Hall–Kier alpha value is 0.01000. The molecule has 0 radical (unpaired) electrons. The third kappa shape index (κ3) is 3.25. The van der Waals surface area contributed by atoms with Gasteiger partial charge in [-0.1, -0.05) is 12.5 Å². The largest absolute Gasteiger partial charge is 0.307 e. The zero-order valence-electron chi connectivity index (χ0n) is 10.1. The molecule has 1 aromatic rings. The van der Waals surface area contributed by atoms with Crippen LogP contribution in [0.25, 0.3) is 0 Å². The molecule has 1 aromatic heterocycles. The lowest BCUT2D eigenvalue weighted by atomic mass is 9.94. The van der Waals surface area contributed by atoms with Crippen molar-refractivity contribution in [2.45, 2.75) is 49.9 Å². The van der Waals surface area contributed by atoms with Crippen molar-refractivity contribution in [3.05, 3.63) is 22.4 Å².